The van der Waals surface area contributed by atoms with Gasteiger partial charge in [-0.2, -0.15) is 0 Å². The van der Waals surface area contributed by atoms with E-state index in [0.29, 0.717) is 42.5 Å². The van der Waals surface area contributed by atoms with Gasteiger partial charge in [0.2, 0.25) is 0 Å². The Kier molecular flexibility index (Phi) is 8.73. The van der Waals surface area contributed by atoms with Crippen LogP contribution in [-0.4, -0.2) is 73.0 Å². The zero-order chi connectivity index (χ0) is 34.4. The maximum absolute atomic E-state index is 13.4. The van der Waals surface area contributed by atoms with Crippen molar-refractivity contribution in [3.63, 3.8) is 0 Å². The Balaban J connectivity index is 1.11. The fourth-order valence-corrected chi connectivity index (χ4v) is 7.50. The minimum absolute atomic E-state index is 0.291. The van der Waals surface area contributed by atoms with Crippen molar-refractivity contribution in [2.45, 2.75) is 46.2 Å². The van der Waals surface area contributed by atoms with Crippen molar-refractivity contribution in [2.75, 3.05) is 32.0 Å². The topological polar surface area (TPSA) is 116 Å². The molecule has 49 heavy (non-hydrogen) atoms. The predicted octanol–water partition coefficient (Wildman–Crippen LogP) is 6.12. The van der Waals surface area contributed by atoms with Gasteiger partial charge >= 0.3 is 5.97 Å². The van der Waals surface area contributed by atoms with Gasteiger partial charge in [-0.25, -0.2) is 4.98 Å². The van der Waals surface area contributed by atoms with Crippen molar-refractivity contribution in [1.82, 2.24) is 29.3 Å². The molecule has 5 aromatic rings. The van der Waals surface area contributed by atoms with Crippen LogP contribution in [0.2, 0.25) is 5.02 Å². The van der Waals surface area contributed by atoms with Gasteiger partial charge in [-0.1, -0.05) is 41.9 Å². The molecule has 11 heteroatoms. The Hall–Kier alpha value is -4.64. The van der Waals surface area contributed by atoms with E-state index in [1.165, 1.54) is 0 Å². The van der Waals surface area contributed by atoms with E-state index in [2.05, 4.69) is 46.2 Å². The molecular weight excluding hydrogens is 638 g/mol. The van der Waals surface area contributed by atoms with Crippen LogP contribution in [0.25, 0.3) is 22.0 Å². The summed E-state index contributed by atoms with van der Waals surface area (Å²) in [6, 6.07) is 16.0. The van der Waals surface area contributed by atoms with Gasteiger partial charge in [-0.05, 0) is 74.3 Å². The molecule has 0 radical (unpaired) electrons. The van der Waals surface area contributed by atoms with Crippen molar-refractivity contribution in [3.05, 3.63) is 106 Å². The lowest BCUT2D eigenvalue weighted by atomic mass is 9.90. The van der Waals surface area contributed by atoms with Crippen molar-refractivity contribution < 1.29 is 14.7 Å². The summed E-state index contributed by atoms with van der Waals surface area (Å²) in [6.07, 6.45) is 5.78. The van der Waals surface area contributed by atoms with Crippen molar-refractivity contribution >= 4 is 40.1 Å². The van der Waals surface area contributed by atoms with Crippen LogP contribution in [0.1, 0.15) is 57.7 Å². The number of rotatable bonds is 8. The summed E-state index contributed by atoms with van der Waals surface area (Å²) in [7, 11) is 3.95. The minimum Gasteiger partial charge on any atom is -0.481 e. The van der Waals surface area contributed by atoms with E-state index >= 15 is 0 Å². The summed E-state index contributed by atoms with van der Waals surface area (Å²) in [5.74, 6) is -0.656. The second-order valence-corrected chi connectivity index (χ2v) is 14.1. The molecule has 0 bridgehead atoms. The Morgan fingerprint density at radius 1 is 1.06 bits per heavy atom. The number of hydrogen-bond acceptors (Lipinski definition) is 7. The van der Waals surface area contributed by atoms with Gasteiger partial charge in [0.1, 0.15) is 0 Å². The molecule has 3 aromatic heterocycles. The number of carbonyl (C=O) groups is 2. The van der Waals surface area contributed by atoms with E-state index in [1.54, 1.807) is 0 Å². The van der Waals surface area contributed by atoms with Crippen LogP contribution in [0.15, 0.2) is 60.9 Å². The number of carboxylic acids is 1. The van der Waals surface area contributed by atoms with Crippen LogP contribution >= 0.6 is 11.6 Å². The number of carbonyl (C=O) groups excluding carboxylic acids is 1. The number of anilines is 1. The third-order valence-electron chi connectivity index (χ3n) is 10.2. The first kappa shape index (κ1) is 32.9. The summed E-state index contributed by atoms with van der Waals surface area (Å²) in [5, 5.41) is 14.1. The lowest BCUT2D eigenvalue weighted by molar-refractivity contribution is -0.147. The molecule has 1 fully saturated rings. The van der Waals surface area contributed by atoms with Gasteiger partial charge in [0.15, 0.2) is 5.82 Å². The maximum atomic E-state index is 13.4. The summed E-state index contributed by atoms with van der Waals surface area (Å²) < 4.78 is 1.89. The van der Waals surface area contributed by atoms with Crippen LogP contribution < -0.4 is 5.32 Å². The fraction of sp³-hybridized carbons (Fsp3) is 0.342. The van der Waals surface area contributed by atoms with Crippen molar-refractivity contribution in [3.8, 4) is 11.1 Å². The van der Waals surface area contributed by atoms with E-state index < -0.39 is 11.4 Å². The molecule has 2 N–H and O–H groups in total. The molecule has 0 aliphatic carbocycles. The van der Waals surface area contributed by atoms with Crippen molar-refractivity contribution in [2.24, 2.45) is 12.5 Å². The number of nitrogens with one attached hydrogen (secondary N) is 1. The van der Waals surface area contributed by atoms with Gasteiger partial charge in [-0.3, -0.25) is 24.5 Å². The zero-order valence-corrected chi connectivity index (χ0v) is 29.0. The van der Waals surface area contributed by atoms with Crippen molar-refractivity contribution in [1.29, 1.82) is 0 Å². The number of halogens is 1. The van der Waals surface area contributed by atoms with Crippen LogP contribution in [0.4, 0.5) is 5.69 Å². The van der Waals surface area contributed by atoms with Crippen LogP contribution in [0, 0.1) is 12.3 Å². The molecule has 10 nitrogen and oxygen atoms in total. The highest BCUT2D eigenvalue weighted by atomic mass is 35.5. The van der Waals surface area contributed by atoms with E-state index in [0.717, 1.165) is 81.9 Å². The second-order valence-electron chi connectivity index (χ2n) is 13.8. The Morgan fingerprint density at radius 3 is 2.65 bits per heavy atom. The molecule has 1 amide bonds. The summed E-state index contributed by atoms with van der Waals surface area (Å²) >= 11 is 7.00. The summed E-state index contributed by atoms with van der Waals surface area (Å²) in [5.41, 5.74) is 8.61. The third-order valence-corrected chi connectivity index (χ3v) is 10.6. The monoisotopic (exact) mass is 677 g/mol. The molecule has 2 aromatic carbocycles. The number of aliphatic carboxylic acids is 1. The molecule has 2 aliphatic rings. The first-order valence-electron chi connectivity index (χ1n) is 16.6. The lowest BCUT2D eigenvalue weighted by Crippen LogP contribution is -2.31. The molecule has 2 aliphatic heterocycles. The largest absolute Gasteiger partial charge is 0.481 e. The Bertz CT molecular complexity index is 2110. The highest BCUT2D eigenvalue weighted by molar-refractivity contribution is 6.36. The molecule has 1 saturated heterocycles. The first-order valence-corrected chi connectivity index (χ1v) is 17.0. The summed E-state index contributed by atoms with van der Waals surface area (Å²) in [6.45, 7) is 7.50. The molecule has 7 rings (SSSR count). The molecule has 252 valence electrons. The number of benzene rings is 2. The number of hydrogen-bond donors (Lipinski definition) is 2. The molecule has 0 saturated carbocycles. The number of aromatic nitrogens is 4. The molecule has 1 atom stereocenters. The number of nitrogens with zero attached hydrogens (tertiary/aromatic N) is 6. The van der Waals surface area contributed by atoms with Gasteiger partial charge in [-0.15, -0.1) is 0 Å². The number of likely N-dealkylation sites (N-methyl/N-ethyl adjacent to an activating group) is 1. The number of carboxylic acid groups (broad SMARTS) is 1. The standard InChI is InChI=1S/C38H40ClN7O3/c1-23-25(18-30-34-26(11-14-40-30)17-24(19-41-34)20-46-16-13-38(2,22-46)37(48)49)7-5-8-27(23)28-9-6-10-29(33(28)39)43-36(47)35-42-31-21-44(3)15-12-32(31)45(35)4/h5-11,14,17,19H,12-13,15-16,18,20-22H2,1-4H3,(H,43,47)(H,48,49)/t38-/m1/s1. The van der Waals surface area contributed by atoms with Gasteiger partial charge in [0.25, 0.3) is 5.91 Å². The van der Waals surface area contributed by atoms with Gasteiger partial charge in [0.05, 0.1) is 33.0 Å². The number of pyridine rings is 2. The fourth-order valence-electron chi connectivity index (χ4n) is 7.23. The van der Waals surface area contributed by atoms with Crippen LogP contribution in [-0.2, 0) is 37.8 Å². The highest BCUT2D eigenvalue weighted by Gasteiger charge is 2.40. The average Bonchev–Trinajstić information content (AvgIpc) is 3.62. The van der Waals surface area contributed by atoms with Crippen LogP contribution in [0.5, 0.6) is 0 Å². The number of amides is 1. The molecule has 0 spiro atoms. The summed E-state index contributed by atoms with van der Waals surface area (Å²) in [4.78, 5) is 43.7. The number of imidazole rings is 1. The Morgan fingerprint density at radius 2 is 1.86 bits per heavy atom. The second kappa shape index (κ2) is 13.0. The van der Waals surface area contributed by atoms with E-state index in [1.807, 2.05) is 67.3 Å². The Labute approximate surface area is 290 Å². The van der Waals surface area contributed by atoms with Gasteiger partial charge < -0.3 is 19.9 Å². The van der Waals surface area contributed by atoms with Crippen LogP contribution in [0.3, 0.4) is 0 Å². The SMILES string of the molecule is Cc1c(Cc2nccc3cc(CN4CC[C@@](C)(C(=O)O)C4)cnc23)cccc1-c1cccc(NC(=O)c2nc3c(n2C)CCN(C)C3)c1Cl. The smallest absolute Gasteiger partial charge is 0.310 e. The molecular formula is C38H40ClN7O3. The number of fused-ring (bicyclic) bond motifs is 2. The number of likely N-dealkylation sites (tertiary alicyclic amines) is 1. The minimum atomic E-state index is -0.740. The van der Waals surface area contributed by atoms with E-state index in [9.17, 15) is 14.7 Å². The zero-order valence-electron chi connectivity index (χ0n) is 28.3. The first-order chi connectivity index (χ1) is 23.5. The predicted molar refractivity (Wildman–Crippen MR) is 191 cm³/mol. The van der Waals surface area contributed by atoms with E-state index in [-0.39, 0.29) is 5.91 Å². The normalized spacial score (nSPS) is 18.1. The maximum Gasteiger partial charge on any atom is 0.310 e. The van der Waals surface area contributed by atoms with E-state index in [4.69, 9.17) is 21.6 Å². The molecule has 0 unspecified atom stereocenters. The highest BCUT2D eigenvalue weighted by Crippen LogP contribution is 2.37. The lowest BCUT2D eigenvalue weighted by Gasteiger charge is -2.21. The average molecular weight is 678 g/mol. The molecule has 5 heterocycles. The third kappa shape index (κ3) is 6.32. The van der Waals surface area contributed by atoms with Gasteiger partial charge in [0, 0.05) is 75.1 Å². The quantitative estimate of drug-likeness (QED) is 0.202.